The first kappa shape index (κ1) is 20.8. The molecule has 160 valence electrons. The van der Waals surface area contributed by atoms with Gasteiger partial charge >= 0.3 is 0 Å². The van der Waals surface area contributed by atoms with E-state index >= 15 is 0 Å². The Kier molecular flexibility index (Phi) is 5.63. The summed E-state index contributed by atoms with van der Waals surface area (Å²) in [5.41, 5.74) is 4.43. The summed E-state index contributed by atoms with van der Waals surface area (Å²) < 4.78 is 0. The van der Waals surface area contributed by atoms with Crippen LogP contribution in [0, 0.1) is 12.3 Å². The maximum atomic E-state index is 13.3. The molecule has 1 aliphatic heterocycles. The second-order valence-electron chi connectivity index (χ2n) is 8.67. The molecule has 1 N–H and O–H groups in total. The van der Waals surface area contributed by atoms with Crippen molar-refractivity contribution in [3.05, 3.63) is 77.6 Å². The molecule has 6 nitrogen and oxygen atoms in total. The smallest absolute Gasteiger partial charge is 0.271 e. The Bertz CT molecular complexity index is 1070. The van der Waals surface area contributed by atoms with E-state index in [0.717, 1.165) is 16.7 Å². The molecule has 0 bridgehead atoms. The number of hydrogen-bond donors (Lipinski definition) is 1. The molecule has 4 rings (SSSR count). The molecule has 1 aromatic heterocycles. The molecule has 1 atom stereocenters. The highest BCUT2D eigenvalue weighted by Crippen LogP contribution is 2.37. The predicted molar refractivity (Wildman–Crippen MR) is 121 cm³/mol. The van der Waals surface area contributed by atoms with Crippen molar-refractivity contribution in [1.82, 2.24) is 20.0 Å². The van der Waals surface area contributed by atoms with E-state index in [4.69, 9.17) is 0 Å². The number of aromatic nitrogens is 2. The van der Waals surface area contributed by atoms with Crippen LogP contribution in [0.4, 0.5) is 0 Å². The van der Waals surface area contributed by atoms with Gasteiger partial charge in [-0.05, 0) is 42.5 Å². The minimum Gasteiger partial charge on any atom is -0.348 e. The first-order valence-electron chi connectivity index (χ1n) is 10.5. The van der Waals surface area contributed by atoms with Crippen LogP contribution < -0.4 is 0 Å². The Balaban J connectivity index is 1.61. The number of amides is 2. The fourth-order valence-corrected chi connectivity index (χ4v) is 4.46. The fraction of sp³-hybridized carbons (Fsp3) is 0.320. The minimum absolute atomic E-state index is 0.0631. The number of likely N-dealkylation sites (tertiary alicyclic amines) is 1. The molecule has 0 saturated carbocycles. The lowest BCUT2D eigenvalue weighted by Gasteiger charge is -2.31. The molecule has 1 saturated heterocycles. The zero-order valence-electron chi connectivity index (χ0n) is 18.3. The number of carbonyl (C=O) groups is 2. The van der Waals surface area contributed by atoms with Gasteiger partial charge < -0.3 is 9.80 Å². The van der Waals surface area contributed by atoms with Crippen LogP contribution >= 0.6 is 0 Å². The predicted octanol–water partition coefficient (Wildman–Crippen LogP) is 3.55. The number of aryl methyl sites for hydroxylation is 1. The Morgan fingerprint density at radius 3 is 2.55 bits per heavy atom. The Hall–Kier alpha value is -3.41. The summed E-state index contributed by atoms with van der Waals surface area (Å²) in [6.07, 6.45) is 2.80. The minimum atomic E-state index is -0.634. The molecule has 0 spiro atoms. The van der Waals surface area contributed by atoms with Gasteiger partial charge in [0.25, 0.3) is 5.91 Å². The third kappa shape index (κ3) is 4.24. The largest absolute Gasteiger partial charge is 0.348 e. The third-order valence-electron chi connectivity index (χ3n) is 6.09. The van der Waals surface area contributed by atoms with Crippen molar-refractivity contribution < 1.29 is 9.59 Å². The van der Waals surface area contributed by atoms with Crippen LogP contribution in [0.1, 0.15) is 28.0 Å². The van der Waals surface area contributed by atoms with Crippen LogP contribution in [-0.4, -0.2) is 59.0 Å². The van der Waals surface area contributed by atoms with E-state index in [9.17, 15) is 9.59 Å². The van der Waals surface area contributed by atoms with E-state index in [0.29, 0.717) is 31.6 Å². The molecule has 3 aromatic rings. The van der Waals surface area contributed by atoms with Gasteiger partial charge in [-0.15, -0.1) is 0 Å². The van der Waals surface area contributed by atoms with Crippen LogP contribution in [0.25, 0.3) is 11.1 Å². The molecule has 1 unspecified atom stereocenters. The average molecular weight is 417 g/mol. The van der Waals surface area contributed by atoms with Crippen LogP contribution in [0.15, 0.2) is 60.8 Å². The Morgan fingerprint density at radius 1 is 1.10 bits per heavy atom. The summed E-state index contributed by atoms with van der Waals surface area (Å²) in [5, 5.41) is 6.61. The van der Waals surface area contributed by atoms with E-state index in [1.165, 1.54) is 5.56 Å². The van der Waals surface area contributed by atoms with E-state index < -0.39 is 5.41 Å². The average Bonchev–Trinajstić information content (AvgIpc) is 3.44. The fourth-order valence-electron chi connectivity index (χ4n) is 4.46. The summed E-state index contributed by atoms with van der Waals surface area (Å²) in [6.45, 7) is 3.03. The van der Waals surface area contributed by atoms with Gasteiger partial charge in [-0.3, -0.25) is 14.7 Å². The first-order chi connectivity index (χ1) is 14.9. The van der Waals surface area contributed by atoms with Crippen LogP contribution in [0.2, 0.25) is 0 Å². The van der Waals surface area contributed by atoms with Gasteiger partial charge in [0.1, 0.15) is 5.69 Å². The molecule has 0 aliphatic carbocycles. The molecule has 1 fully saturated rings. The maximum absolute atomic E-state index is 13.3. The van der Waals surface area contributed by atoms with Crippen LogP contribution in [0.5, 0.6) is 0 Å². The highest BCUT2D eigenvalue weighted by Gasteiger charge is 2.47. The number of H-pyrrole nitrogens is 1. The number of aromatic amines is 1. The summed E-state index contributed by atoms with van der Waals surface area (Å²) in [5.74, 6) is -0.0486. The third-order valence-corrected chi connectivity index (χ3v) is 6.09. The topological polar surface area (TPSA) is 69.3 Å². The van der Waals surface area contributed by atoms with Crippen molar-refractivity contribution in [2.45, 2.75) is 19.8 Å². The normalized spacial score (nSPS) is 18.2. The maximum Gasteiger partial charge on any atom is 0.271 e. The lowest BCUT2D eigenvalue weighted by molar-refractivity contribution is -0.138. The van der Waals surface area contributed by atoms with Crippen molar-refractivity contribution in [3.63, 3.8) is 0 Å². The number of rotatable bonds is 5. The highest BCUT2D eigenvalue weighted by molar-refractivity contribution is 5.93. The summed E-state index contributed by atoms with van der Waals surface area (Å²) in [6, 6.07) is 18.5. The lowest BCUT2D eigenvalue weighted by Crippen LogP contribution is -2.44. The van der Waals surface area contributed by atoms with E-state index in [1.54, 1.807) is 36.2 Å². The van der Waals surface area contributed by atoms with Gasteiger partial charge in [0.2, 0.25) is 5.91 Å². The van der Waals surface area contributed by atoms with Gasteiger partial charge in [0, 0.05) is 33.4 Å². The first-order valence-corrected chi connectivity index (χ1v) is 10.5. The summed E-state index contributed by atoms with van der Waals surface area (Å²) in [4.78, 5) is 29.5. The molecule has 6 heteroatoms. The van der Waals surface area contributed by atoms with Gasteiger partial charge in [0.15, 0.2) is 0 Å². The Morgan fingerprint density at radius 2 is 1.87 bits per heavy atom. The second-order valence-corrected chi connectivity index (χ2v) is 8.67. The molecule has 2 aromatic carbocycles. The highest BCUT2D eigenvalue weighted by atomic mass is 16.2. The quantitative estimate of drug-likeness (QED) is 0.692. The van der Waals surface area contributed by atoms with Gasteiger partial charge in [-0.1, -0.05) is 54.1 Å². The van der Waals surface area contributed by atoms with Crippen molar-refractivity contribution in [2.75, 3.05) is 27.2 Å². The Labute approximate surface area is 182 Å². The zero-order chi connectivity index (χ0) is 22.0. The summed E-state index contributed by atoms with van der Waals surface area (Å²) >= 11 is 0. The number of carbonyl (C=O) groups excluding carboxylic acids is 2. The van der Waals surface area contributed by atoms with E-state index in [1.807, 2.05) is 6.07 Å². The number of benzene rings is 2. The molecule has 0 radical (unpaired) electrons. The van der Waals surface area contributed by atoms with Crippen LogP contribution in [0.3, 0.4) is 0 Å². The van der Waals surface area contributed by atoms with Crippen molar-refractivity contribution in [2.24, 2.45) is 5.41 Å². The zero-order valence-corrected chi connectivity index (χ0v) is 18.3. The standard InChI is InChI=1S/C25H28N4O2/c1-18-7-9-20(10-8-18)21-6-4-5-19(15-21)16-25(24(31)28(2)3)12-14-29(17-25)23(30)22-11-13-26-27-22/h4-11,13,15H,12,14,16-17H2,1-3H3,(H,26,27). The van der Waals surface area contributed by atoms with Crippen LogP contribution in [-0.2, 0) is 11.2 Å². The van der Waals surface area contributed by atoms with Crippen molar-refractivity contribution in [3.8, 4) is 11.1 Å². The van der Waals surface area contributed by atoms with Gasteiger partial charge in [0.05, 0.1) is 5.41 Å². The monoisotopic (exact) mass is 416 g/mol. The molecular weight excluding hydrogens is 388 g/mol. The number of hydrogen-bond acceptors (Lipinski definition) is 3. The van der Waals surface area contributed by atoms with Gasteiger partial charge in [-0.2, -0.15) is 5.10 Å². The second kappa shape index (κ2) is 8.38. The molecule has 2 amide bonds. The molecule has 31 heavy (non-hydrogen) atoms. The summed E-state index contributed by atoms with van der Waals surface area (Å²) in [7, 11) is 3.57. The van der Waals surface area contributed by atoms with Gasteiger partial charge in [-0.25, -0.2) is 0 Å². The van der Waals surface area contributed by atoms with E-state index in [-0.39, 0.29) is 11.8 Å². The molecule has 2 heterocycles. The van der Waals surface area contributed by atoms with Crippen molar-refractivity contribution in [1.29, 1.82) is 0 Å². The molecule has 1 aliphatic rings. The SMILES string of the molecule is Cc1ccc(-c2cccc(CC3(C(=O)N(C)C)CCN(C(=O)c4ccn[nH]4)C3)c2)cc1. The van der Waals surface area contributed by atoms with E-state index in [2.05, 4.69) is 59.6 Å². The van der Waals surface area contributed by atoms with Crippen molar-refractivity contribution >= 4 is 11.8 Å². The lowest BCUT2D eigenvalue weighted by atomic mass is 9.79. The number of nitrogens with one attached hydrogen (secondary N) is 1. The molecular formula is C25H28N4O2. The number of nitrogens with zero attached hydrogens (tertiary/aromatic N) is 3.